The van der Waals surface area contributed by atoms with Crippen LogP contribution in [0, 0.1) is 0 Å². The highest BCUT2D eigenvalue weighted by Crippen LogP contribution is 2.21. The van der Waals surface area contributed by atoms with E-state index in [1.54, 1.807) is 18.3 Å². The Balaban J connectivity index is 2.39. The number of carbonyl (C=O) groups excluding carboxylic acids is 1. The Hall–Kier alpha value is -1.56. The number of thiophene rings is 1. The Bertz CT molecular complexity index is 406. The molecule has 1 aromatic heterocycles. The molecule has 0 saturated heterocycles. The van der Waals surface area contributed by atoms with E-state index in [-0.39, 0.29) is 24.5 Å². The zero-order valence-corrected chi connectivity index (χ0v) is 12.0. The molecular weight excluding hydrogens is 264 g/mol. The van der Waals surface area contributed by atoms with E-state index in [2.05, 4.69) is 10.6 Å². The summed E-state index contributed by atoms with van der Waals surface area (Å²) in [4.78, 5) is 23.4. The largest absolute Gasteiger partial charge is 0.481 e. The van der Waals surface area contributed by atoms with Crippen LogP contribution in [-0.4, -0.2) is 23.1 Å². The molecule has 19 heavy (non-hydrogen) atoms. The maximum absolute atomic E-state index is 11.8. The summed E-state index contributed by atoms with van der Waals surface area (Å²) in [6.07, 6.45) is 1.31. The van der Waals surface area contributed by atoms with E-state index in [1.807, 2.05) is 24.4 Å². The van der Waals surface area contributed by atoms with Gasteiger partial charge in [0.15, 0.2) is 0 Å². The maximum Gasteiger partial charge on any atom is 0.315 e. The van der Waals surface area contributed by atoms with Crippen molar-refractivity contribution in [3.05, 3.63) is 22.4 Å². The predicted molar refractivity (Wildman–Crippen MR) is 75.4 cm³/mol. The fraction of sp³-hybridized carbons (Fsp3) is 0.538. The summed E-state index contributed by atoms with van der Waals surface area (Å²) in [5.41, 5.74) is 0. The van der Waals surface area contributed by atoms with Crippen molar-refractivity contribution in [1.82, 2.24) is 10.6 Å². The first-order chi connectivity index (χ1) is 9.02. The smallest absolute Gasteiger partial charge is 0.315 e. The van der Waals surface area contributed by atoms with Crippen LogP contribution >= 0.6 is 11.3 Å². The average Bonchev–Trinajstić information content (AvgIpc) is 2.87. The molecule has 2 amide bonds. The van der Waals surface area contributed by atoms with Crippen molar-refractivity contribution in [2.45, 2.75) is 45.2 Å². The molecule has 6 heteroatoms. The summed E-state index contributed by atoms with van der Waals surface area (Å²) in [5, 5.41) is 16.2. The molecule has 0 aliphatic rings. The van der Waals surface area contributed by atoms with Gasteiger partial charge in [0, 0.05) is 17.3 Å². The van der Waals surface area contributed by atoms with Gasteiger partial charge in [-0.3, -0.25) is 4.79 Å². The van der Waals surface area contributed by atoms with Crippen LogP contribution in [0.15, 0.2) is 17.5 Å². The van der Waals surface area contributed by atoms with Crippen molar-refractivity contribution >= 4 is 23.3 Å². The molecule has 0 aromatic carbocycles. The zero-order chi connectivity index (χ0) is 14.3. The minimum absolute atomic E-state index is 0.00618. The fourth-order valence-electron chi connectivity index (χ4n) is 1.70. The van der Waals surface area contributed by atoms with Crippen molar-refractivity contribution in [2.75, 3.05) is 0 Å². The third kappa shape index (κ3) is 5.74. The van der Waals surface area contributed by atoms with Crippen molar-refractivity contribution < 1.29 is 14.7 Å². The van der Waals surface area contributed by atoms with Crippen molar-refractivity contribution in [1.29, 1.82) is 0 Å². The predicted octanol–water partition coefficient (Wildman–Crippen LogP) is 2.75. The third-order valence-corrected chi connectivity index (χ3v) is 3.75. The van der Waals surface area contributed by atoms with E-state index in [0.717, 1.165) is 11.3 Å². The van der Waals surface area contributed by atoms with Crippen LogP contribution in [0.3, 0.4) is 0 Å². The number of rotatable bonds is 7. The number of aliphatic carboxylic acids is 1. The highest BCUT2D eigenvalue weighted by molar-refractivity contribution is 7.10. The normalized spacial score (nSPS) is 13.6. The minimum Gasteiger partial charge on any atom is -0.481 e. The molecule has 0 bridgehead atoms. The molecule has 0 aliphatic carbocycles. The summed E-state index contributed by atoms with van der Waals surface area (Å²) < 4.78 is 0. The summed E-state index contributed by atoms with van der Waals surface area (Å²) >= 11 is 1.61. The molecule has 3 N–H and O–H groups in total. The van der Waals surface area contributed by atoms with Crippen molar-refractivity contribution in [3.8, 4) is 0 Å². The number of hydrogen-bond donors (Lipinski definition) is 3. The molecule has 1 heterocycles. The Labute approximate surface area is 117 Å². The van der Waals surface area contributed by atoms with Crippen LogP contribution in [0.4, 0.5) is 4.79 Å². The second kappa shape index (κ2) is 7.78. The molecule has 0 spiro atoms. The highest BCUT2D eigenvalue weighted by Gasteiger charge is 2.15. The first-order valence-corrected chi connectivity index (χ1v) is 7.23. The van der Waals surface area contributed by atoms with Crippen molar-refractivity contribution in [2.24, 2.45) is 0 Å². The van der Waals surface area contributed by atoms with E-state index in [0.29, 0.717) is 6.42 Å². The third-order valence-electron chi connectivity index (χ3n) is 2.77. The second-order valence-corrected chi connectivity index (χ2v) is 5.41. The second-order valence-electron chi connectivity index (χ2n) is 4.43. The molecule has 5 nitrogen and oxygen atoms in total. The Morgan fingerprint density at radius 1 is 1.42 bits per heavy atom. The number of carbonyl (C=O) groups is 2. The first-order valence-electron chi connectivity index (χ1n) is 6.35. The van der Waals surface area contributed by atoms with E-state index in [1.165, 1.54) is 0 Å². The number of hydrogen-bond acceptors (Lipinski definition) is 3. The van der Waals surface area contributed by atoms with Gasteiger partial charge in [0.25, 0.3) is 0 Å². The van der Waals surface area contributed by atoms with Gasteiger partial charge in [-0.25, -0.2) is 4.79 Å². The number of urea groups is 1. The van der Waals surface area contributed by atoms with Crippen LogP contribution in [0.1, 0.15) is 44.0 Å². The van der Waals surface area contributed by atoms with E-state index in [4.69, 9.17) is 5.11 Å². The van der Waals surface area contributed by atoms with Crippen LogP contribution in [0.25, 0.3) is 0 Å². The SMILES string of the molecule is CCC(NC(=O)NC(C)CCC(=O)O)c1cccs1. The Morgan fingerprint density at radius 3 is 2.68 bits per heavy atom. The lowest BCUT2D eigenvalue weighted by Gasteiger charge is -2.18. The van der Waals surface area contributed by atoms with Crippen LogP contribution in [0.5, 0.6) is 0 Å². The van der Waals surface area contributed by atoms with Gasteiger partial charge in [-0.15, -0.1) is 11.3 Å². The number of amides is 2. The number of carboxylic acids is 1. The van der Waals surface area contributed by atoms with Crippen LogP contribution < -0.4 is 10.6 Å². The quantitative estimate of drug-likeness (QED) is 0.720. The highest BCUT2D eigenvalue weighted by atomic mass is 32.1. The Kier molecular flexibility index (Phi) is 6.35. The lowest BCUT2D eigenvalue weighted by Crippen LogP contribution is -2.42. The molecule has 2 unspecified atom stereocenters. The van der Waals surface area contributed by atoms with Gasteiger partial charge in [0.1, 0.15) is 0 Å². The molecule has 0 radical (unpaired) electrons. The zero-order valence-electron chi connectivity index (χ0n) is 11.2. The van der Waals surface area contributed by atoms with Gasteiger partial charge in [-0.05, 0) is 31.2 Å². The molecule has 0 fully saturated rings. The van der Waals surface area contributed by atoms with Gasteiger partial charge < -0.3 is 15.7 Å². The lowest BCUT2D eigenvalue weighted by atomic mass is 10.2. The monoisotopic (exact) mass is 284 g/mol. The Morgan fingerprint density at radius 2 is 2.16 bits per heavy atom. The number of carboxylic acid groups (broad SMARTS) is 1. The molecule has 0 saturated carbocycles. The van der Waals surface area contributed by atoms with Gasteiger partial charge >= 0.3 is 12.0 Å². The molecule has 106 valence electrons. The summed E-state index contributed by atoms with van der Waals surface area (Å²) in [6.45, 7) is 3.81. The standard InChI is InChI=1S/C13H20N2O3S/c1-3-10(11-5-4-8-19-11)15-13(18)14-9(2)6-7-12(16)17/h4-5,8-10H,3,6-7H2,1-2H3,(H,16,17)(H2,14,15,18). The molecule has 2 atom stereocenters. The van der Waals surface area contributed by atoms with Crippen LogP contribution in [0.2, 0.25) is 0 Å². The maximum atomic E-state index is 11.8. The van der Waals surface area contributed by atoms with Crippen LogP contribution in [-0.2, 0) is 4.79 Å². The van der Waals surface area contributed by atoms with Crippen molar-refractivity contribution in [3.63, 3.8) is 0 Å². The van der Waals surface area contributed by atoms with Gasteiger partial charge in [0.2, 0.25) is 0 Å². The van der Waals surface area contributed by atoms with Gasteiger partial charge in [-0.1, -0.05) is 13.0 Å². The van der Waals surface area contributed by atoms with Gasteiger partial charge in [-0.2, -0.15) is 0 Å². The molecule has 1 aromatic rings. The summed E-state index contributed by atoms with van der Waals surface area (Å²) in [7, 11) is 0. The number of nitrogens with one attached hydrogen (secondary N) is 2. The van der Waals surface area contributed by atoms with E-state index >= 15 is 0 Å². The molecule has 0 aliphatic heterocycles. The average molecular weight is 284 g/mol. The first kappa shape index (κ1) is 15.5. The lowest BCUT2D eigenvalue weighted by molar-refractivity contribution is -0.137. The minimum atomic E-state index is -0.848. The van der Waals surface area contributed by atoms with Gasteiger partial charge in [0.05, 0.1) is 6.04 Å². The van der Waals surface area contributed by atoms with E-state index < -0.39 is 5.97 Å². The topological polar surface area (TPSA) is 78.4 Å². The molecular formula is C13H20N2O3S. The molecule has 1 rings (SSSR count). The van der Waals surface area contributed by atoms with E-state index in [9.17, 15) is 9.59 Å². The summed E-state index contributed by atoms with van der Waals surface area (Å²) in [5.74, 6) is -0.848. The summed E-state index contributed by atoms with van der Waals surface area (Å²) in [6, 6.07) is 3.55. The fourth-order valence-corrected chi connectivity index (χ4v) is 2.56.